The number of rotatable bonds is 8. The van der Waals surface area contributed by atoms with Gasteiger partial charge in [-0.1, -0.05) is 56.0 Å². The van der Waals surface area contributed by atoms with Crippen molar-refractivity contribution in [3.05, 3.63) is 34.9 Å². The molecule has 0 fully saturated rings. The van der Waals surface area contributed by atoms with E-state index >= 15 is 0 Å². The number of aliphatic hydroxyl groups is 1. The van der Waals surface area contributed by atoms with Gasteiger partial charge in [0.15, 0.2) is 0 Å². The van der Waals surface area contributed by atoms with Gasteiger partial charge >= 0.3 is 0 Å². The van der Waals surface area contributed by atoms with Gasteiger partial charge < -0.3 is 10.4 Å². The van der Waals surface area contributed by atoms with Gasteiger partial charge in [-0.05, 0) is 19.0 Å². The maximum Gasteiger partial charge on any atom is 0.0928 e. The van der Waals surface area contributed by atoms with Crippen molar-refractivity contribution in [3.8, 4) is 0 Å². The van der Waals surface area contributed by atoms with Crippen LogP contribution in [0.5, 0.6) is 0 Å². The first-order valence-electron chi connectivity index (χ1n) is 6.39. The van der Waals surface area contributed by atoms with Crippen molar-refractivity contribution in [3.63, 3.8) is 0 Å². The lowest BCUT2D eigenvalue weighted by Crippen LogP contribution is -2.22. The van der Waals surface area contributed by atoms with Crippen LogP contribution in [0.1, 0.15) is 44.3 Å². The molecule has 3 heteroatoms. The number of nitrogens with one attached hydrogen (secondary N) is 1. The Morgan fingerprint density at radius 2 is 2.00 bits per heavy atom. The molecule has 0 aliphatic heterocycles. The Balaban J connectivity index is 2.21. The third-order valence-corrected chi connectivity index (χ3v) is 3.15. The monoisotopic (exact) mass is 255 g/mol. The standard InChI is InChI=1S/C14H22ClNO/c1-2-3-4-7-10-16-11-14(17)12-8-5-6-9-13(12)15/h5-6,8-9,14,16-17H,2-4,7,10-11H2,1H3. The van der Waals surface area contributed by atoms with Gasteiger partial charge in [-0.3, -0.25) is 0 Å². The molecule has 0 saturated carbocycles. The predicted octanol–water partition coefficient (Wildman–Crippen LogP) is 3.54. The fourth-order valence-corrected chi connectivity index (χ4v) is 2.03. The lowest BCUT2D eigenvalue weighted by molar-refractivity contribution is 0.175. The Labute approximate surface area is 109 Å². The van der Waals surface area contributed by atoms with Crippen LogP contribution >= 0.6 is 11.6 Å². The Morgan fingerprint density at radius 1 is 1.24 bits per heavy atom. The first-order chi connectivity index (χ1) is 8.25. The smallest absolute Gasteiger partial charge is 0.0928 e. The van der Waals surface area contributed by atoms with Crippen molar-refractivity contribution < 1.29 is 5.11 Å². The van der Waals surface area contributed by atoms with E-state index in [0.717, 1.165) is 12.1 Å². The fraction of sp³-hybridized carbons (Fsp3) is 0.571. The largest absolute Gasteiger partial charge is 0.387 e. The number of hydrogen-bond acceptors (Lipinski definition) is 2. The molecule has 96 valence electrons. The molecule has 1 aromatic carbocycles. The second-order valence-corrected chi connectivity index (χ2v) is 4.71. The first-order valence-corrected chi connectivity index (χ1v) is 6.76. The molecule has 0 radical (unpaired) electrons. The minimum absolute atomic E-state index is 0.519. The van der Waals surface area contributed by atoms with Crippen molar-refractivity contribution >= 4 is 11.6 Å². The van der Waals surface area contributed by atoms with E-state index in [-0.39, 0.29) is 0 Å². The van der Waals surface area contributed by atoms with Crippen LogP contribution in [0.25, 0.3) is 0 Å². The van der Waals surface area contributed by atoms with E-state index in [1.807, 2.05) is 18.2 Å². The Morgan fingerprint density at radius 3 is 2.71 bits per heavy atom. The summed E-state index contributed by atoms with van der Waals surface area (Å²) < 4.78 is 0. The van der Waals surface area contributed by atoms with Crippen molar-refractivity contribution in [2.45, 2.75) is 38.7 Å². The summed E-state index contributed by atoms with van der Waals surface area (Å²) in [5.41, 5.74) is 0.801. The highest BCUT2D eigenvalue weighted by molar-refractivity contribution is 6.31. The highest BCUT2D eigenvalue weighted by atomic mass is 35.5. The molecule has 1 aromatic rings. The molecular formula is C14H22ClNO. The topological polar surface area (TPSA) is 32.3 Å². The van der Waals surface area contributed by atoms with Crippen LogP contribution in [0.4, 0.5) is 0 Å². The molecule has 0 bridgehead atoms. The molecule has 0 aliphatic carbocycles. The van der Waals surface area contributed by atoms with Crippen LogP contribution in [0.3, 0.4) is 0 Å². The van der Waals surface area contributed by atoms with Crippen LogP contribution in [-0.2, 0) is 0 Å². The molecule has 2 N–H and O–H groups in total. The summed E-state index contributed by atoms with van der Waals surface area (Å²) in [7, 11) is 0. The summed E-state index contributed by atoms with van der Waals surface area (Å²) in [4.78, 5) is 0. The second kappa shape index (κ2) is 8.51. The van der Waals surface area contributed by atoms with E-state index < -0.39 is 6.10 Å². The first kappa shape index (κ1) is 14.5. The van der Waals surface area contributed by atoms with Gasteiger partial charge in [-0.15, -0.1) is 0 Å². The molecule has 0 saturated heterocycles. The minimum Gasteiger partial charge on any atom is -0.387 e. The van der Waals surface area contributed by atoms with Crippen LogP contribution in [0.15, 0.2) is 24.3 Å². The van der Waals surface area contributed by atoms with Crippen LogP contribution in [0, 0.1) is 0 Å². The van der Waals surface area contributed by atoms with E-state index in [9.17, 15) is 5.11 Å². The molecule has 0 spiro atoms. The quantitative estimate of drug-likeness (QED) is 0.697. The summed E-state index contributed by atoms with van der Waals surface area (Å²) in [6.07, 6.45) is 4.45. The highest BCUT2D eigenvalue weighted by Gasteiger charge is 2.09. The van der Waals surface area contributed by atoms with E-state index in [0.29, 0.717) is 11.6 Å². The summed E-state index contributed by atoms with van der Waals surface area (Å²) in [6, 6.07) is 7.44. The van der Waals surface area contributed by atoms with Gasteiger partial charge in [0.2, 0.25) is 0 Å². The van der Waals surface area contributed by atoms with Crippen LogP contribution in [-0.4, -0.2) is 18.2 Å². The van der Waals surface area contributed by atoms with Gasteiger partial charge in [0.1, 0.15) is 0 Å². The molecule has 1 unspecified atom stereocenters. The Kier molecular flexibility index (Phi) is 7.25. The highest BCUT2D eigenvalue weighted by Crippen LogP contribution is 2.21. The normalized spacial score (nSPS) is 12.6. The average Bonchev–Trinajstić information content (AvgIpc) is 2.34. The fourth-order valence-electron chi connectivity index (χ4n) is 1.77. The zero-order valence-electron chi connectivity index (χ0n) is 10.5. The predicted molar refractivity (Wildman–Crippen MR) is 73.4 cm³/mol. The third kappa shape index (κ3) is 5.53. The molecule has 17 heavy (non-hydrogen) atoms. The van der Waals surface area contributed by atoms with E-state index in [4.69, 9.17) is 11.6 Å². The Hall–Kier alpha value is -0.570. The molecule has 1 rings (SSSR count). The number of halogens is 1. The van der Waals surface area contributed by atoms with Gasteiger partial charge in [-0.25, -0.2) is 0 Å². The van der Waals surface area contributed by atoms with Gasteiger partial charge in [-0.2, -0.15) is 0 Å². The minimum atomic E-state index is -0.519. The van der Waals surface area contributed by atoms with Gasteiger partial charge in [0.05, 0.1) is 6.10 Å². The SMILES string of the molecule is CCCCCCNCC(O)c1ccccc1Cl. The molecule has 2 nitrogen and oxygen atoms in total. The molecule has 0 heterocycles. The lowest BCUT2D eigenvalue weighted by Gasteiger charge is -2.13. The molecule has 0 amide bonds. The number of unbranched alkanes of at least 4 members (excludes halogenated alkanes) is 3. The number of hydrogen-bond donors (Lipinski definition) is 2. The molecule has 1 atom stereocenters. The Bertz CT molecular complexity index is 317. The second-order valence-electron chi connectivity index (χ2n) is 4.30. The van der Waals surface area contributed by atoms with Crippen molar-refractivity contribution in [1.29, 1.82) is 0 Å². The van der Waals surface area contributed by atoms with Crippen molar-refractivity contribution in [1.82, 2.24) is 5.32 Å². The average molecular weight is 256 g/mol. The number of benzene rings is 1. The van der Waals surface area contributed by atoms with Gasteiger partial charge in [0.25, 0.3) is 0 Å². The van der Waals surface area contributed by atoms with E-state index in [1.165, 1.54) is 25.7 Å². The van der Waals surface area contributed by atoms with Crippen molar-refractivity contribution in [2.75, 3.05) is 13.1 Å². The van der Waals surface area contributed by atoms with Crippen molar-refractivity contribution in [2.24, 2.45) is 0 Å². The molecular weight excluding hydrogens is 234 g/mol. The zero-order chi connectivity index (χ0) is 12.5. The maximum absolute atomic E-state index is 9.96. The summed E-state index contributed by atoms with van der Waals surface area (Å²) in [5, 5.41) is 13.9. The number of aliphatic hydroxyl groups excluding tert-OH is 1. The van der Waals surface area contributed by atoms with E-state index in [1.54, 1.807) is 6.07 Å². The van der Waals surface area contributed by atoms with E-state index in [2.05, 4.69) is 12.2 Å². The summed E-state index contributed by atoms with van der Waals surface area (Å²) in [6.45, 7) is 3.73. The molecule has 0 aliphatic rings. The maximum atomic E-state index is 9.96. The third-order valence-electron chi connectivity index (χ3n) is 2.81. The lowest BCUT2D eigenvalue weighted by atomic mass is 10.1. The summed E-state index contributed by atoms with van der Waals surface area (Å²) >= 11 is 6.01. The van der Waals surface area contributed by atoms with Crippen LogP contribution in [0.2, 0.25) is 5.02 Å². The van der Waals surface area contributed by atoms with Gasteiger partial charge in [0, 0.05) is 17.1 Å². The molecule has 0 aromatic heterocycles. The zero-order valence-corrected chi connectivity index (χ0v) is 11.2. The summed E-state index contributed by atoms with van der Waals surface area (Å²) in [5.74, 6) is 0. The van der Waals surface area contributed by atoms with Crippen LogP contribution < -0.4 is 5.32 Å².